The summed E-state index contributed by atoms with van der Waals surface area (Å²) in [7, 11) is 0. The number of aliphatic carboxylic acids is 1. The topological polar surface area (TPSA) is 89.9 Å². The normalized spacial score (nSPS) is 18.3. The van der Waals surface area contributed by atoms with Gasteiger partial charge in [-0.2, -0.15) is 13.2 Å². The maximum Gasteiger partial charge on any atom is 0.490 e. The highest BCUT2D eigenvalue weighted by Gasteiger charge is 2.38. The van der Waals surface area contributed by atoms with Gasteiger partial charge in [0, 0.05) is 18.3 Å². The fourth-order valence-electron chi connectivity index (χ4n) is 4.24. The van der Waals surface area contributed by atoms with Crippen LogP contribution in [0.2, 0.25) is 0 Å². The van der Waals surface area contributed by atoms with Crippen molar-refractivity contribution in [1.82, 2.24) is 5.32 Å². The third-order valence-electron chi connectivity index (χ3n) is 5.78. The predicted molar refractivity (Wildman–Crippen MR) is 113 cm³/mol. The van der Waals surface area contributed by atoms with Gasteiger partial charge in [-0.25, -0.2) is 9.59 Å². The average molecular weight is 450 g/mol. The molecule has 1 heterocycles. The number of halogens is 3. The first-order valence-corrected chi connectivity index (χ1v) is 10.4. The Morgan fingerprint density at radius 1 is 0.969 bits per heavy atom. The van der Waals surface area contributed by atoms with Crippen LogP contribution in [0.15, 0.2) is 48.5 Å². The van der Waals surface area contributed by atoms with Gasteiger partial charge in [0.25, 0.3) is 0 Å². The molecule has 9 heteroatoms. The molecule has 1 atom stereocenters. The summed E-state index contributed by atoms with van der Waals surface area (Å²) in [5, 5.41) is 20.4. The zero-order valence-electron chi connectivity index (χ0n) is 17.3. The number of alkyl halides is 3. The highest BCUT2D eigenvalue weighted by Crippen LogP contribution is 2.31. The smallest absolute Gasteiger partial charge is 0.475 e. The van der Waals surface area contributed by atoms with Gasteiger partial charge in [-0.1, -0.05) is 36.4 Å². The summed E-state index contributed by atoms with van der Waals surface area (Å²) in [6, 6.07) is 16.4. The van der Waals surface area contributed by atoms with Crippen LogP contribution < -0.4 is 10.2 Å². The number of anilines is 1. The molecular formula is C23H25F3N2O4. The Morgan fingerprint density at radius 3 is 1.97 bits per heavy atom. The lowest BCUT2D eigenvalue weighted by molar-refractivity contribution is -0.192. The van der Waals surface area contributed by atoms with Crippen LogP contribution in [0.4, 0.5) is 23.7 Å². The maximum absolute atomic E-state index is 11.9. The van der Waals surface area contributed by atoms with Crippen molar-refractivity contribution in [2.45, 2.75) is 43.8 Å². The molecule has 1 aliphatic carbocycles. The summed E-state index contributed by atoms with van der Waals surface area (Å²) in [5.41, 5.74) is 4.61. The Hall–Kier alpha value is -3.07. The number of carbonyl (C=O) groups is 2. The van der Waals surface area contributed by atoms with Crippen LogP contribution in [0.25, 0.3) is 0 Å². The van der Waals surface area contributed by atoms with Crippen LogP contribution in [0.1, 0.15) is 35.4 Å². The highest BCUT2D eigenvalue weighted by atomic mass is 19.4. The summed E-state index contributed by atoms with van der Waals surface area (Å²) < 4.78 is 31.7. The van der Waals surface area contributed by atoms with Crippen LogP contribution in [0.3, 0.4) is 0 Å². The van der Waals surface area contributed by atoms with E-state index in [1.54, 1.807) is 4.90 Å². The van der Waals surface area contributed by atoms with Crippen LogP contribution in [0, 0.1) is 0 Å². The molecule has 2 aromatic rings. The molecule has 2 aromatic carbocycles. The Morgan fingerprint density at radius 2 is 1.53 bits per heavy atom. The molecule has 6 nitrogen and oxygen atoms in total. The quantitative estimate of drug-likeness (QED) is 0.643. The van der Waals surface area contributed by atoms with E-state index in [1.165, 1.54) is 29.5 Å². The lowest BCUT2D eigenvalue weighted by Crippen LogP contribution is -2.40. The summed E-state index contributed by atoms with van der Waals surface area (Å²) in [6.07, 6.45) is -1.97. The number of piperidine rings is 1. The second-order valence-corrected chi connectivity index (χ2v) is 7.92. The minimum Gasteiger partial charge on any atom is -0.475 e. The Labute approximate surface area is 183 Å². The van der Waals surface area contributed by atoms with Gasteiger partial charge in [0.15, 0.2) is 0 Å². The van der Waals surface area contributed by atoms with E-state index in [-0.39, 0.29) is 6.04 Å². The molecule has 0 spiro atoms. The predicted octanol–water partition coefficient (Wildman–Crippen LogP) is 4.44. The molecule has 1 amide bonds. The number of hydrogen-bond acceptors (Lipinski definition) is 3. The van der Waals surface area contributed by atoms with Gasteiger partial charge in [0.05, 0.1) is 0 Å². The number of carboxylic acids is 1. The molecule has 0 aromatic heterocycles. The van der Waals surface area contributed by atoms with Gasteiger partial charge in [0.1, 0.15) is 0 Å². The first kappa shape index (κ1) is 23.6. The number of carboxylic acid groups (broad SMARTS) is 2. The van der Waals surface area contributed by atoms with Crippen molar-refractivity contribution in [3.05, 3.63) is 65.2 Å². The molecule has 1 unspecified atom stereocenters. The van der Waals surface area contributed by atoms with Gasteiger partial charge in [-0.3, -0.25) is 4.90 Å². The van der Waals surface area contributed by atoms with E-state index in [2.05, 4.69) is 29.6 Å². The number of amides is 1. The largest absolute Gasteiger partial charge is 0.490 e. The standard InChI is InChI=1S/C21H24N2O2.C2HF3O2/c24-21(25)23(20-12-16-4-1-2-5-17(16)13-20)19-9-7-15(8-10-19)18-6-3-11-22-14-18;3-2(4,5)1(6)7/h1-2,4-5,7-10,18,20,22H,3,6,11-14H2,(H,24,25);(H,6,7). The fourth-order valence-corrected chi connectivity index (χ4v) is 4.24. The number of fused-ring (bicyclic) bond motifs is 1. The van der Waals surface area contributed by atoms with Crippen molar-refractivity contribution >= 4 is 17.7 Å². The van der Waals surface area contributed by atoms with Crippen molar-refractivity contribution < 1.29 is 33.0 Å². The number of rotatable bonds is 3. The maximum atomic E-state index is 11.9. The number of hydrogen-bond donors (Lipinski definition) is 3. The Kier molecular flexibility index (Phi) is 7.40. The molecule has 4 rings (SSSR count). The minimum absolute atomic E-state index is 0.0166. The van der Waals surface area contributed by atoms with Crippen LogP contribution in [-0.2, 0) is 17.6 Å². The summed E-state index contributed by atoms with van der Waals surface area (Å²) >= 11 is 0. The fraction of sp³-hybridized carbons (Fsp3) is 0.391. The van der Waals surface area contributed by atoms with Crippen molar-refractivity contribution in [1.29, 1.82) is 0 Å². The van der Waals surface area contributed by atoms with Gasteiger partial charge < -0.3 is 15.5 Å². The van der Waals surface area contributed by atoms with E-state index in [9.17, 15) is 23.1 Å². The molecule has 3 N–H and O–H groups in total. The highest BCUT2D eigenvalue weighted by molar-refractivity contribution is 5.87. The van der Waals surface area contributed by atoms with Crippen molar-refractivity contribution in [2.24, 2.45) is 0 Å². The molecule has 0 saturated carbocycles. The van der Waals surface area contributed by atoms with E-state index in [0.29, 0.717) is 5.92 Å². The van der Waals surface area contributed by atoms with Crippen molar-refractivity contribution in [3.63, 3.8) is 0 Å². The van der Waals surface area contributed by atoms with E-state index in [1.807, 2.05) is 24.3 Å². The molecule has 32 heavy (non-hydrogen) atoms. The number of nitrogens with zero attached hydrogens (tertiary/aromatic N) is 1. The number of nitrogens with one attached hydrogen (secondary N) is 1. The first-order chi connectivity index (χ1) is 15.2. The molecule has 172 valence electrons. The second-order valence-electron chi connectivity index (χ2n) is 7.92. The lowest BCUT2D eigenvalue weighted by Gasteiger charge is -2.27. The number of benzene rings is 2. The summed E-state index contributed by atoms with van der Waals surface area (Å²) in [4.78, 5) is 22.4. The van der Waals surface area contributed by atoms with E-state index < -0.39 is 18.2 Å². The van der Waals surface area contributed by atoms with Gasteiger partial charge in [-0.05, 0) is 67.0 Å². The average Bonchev–Trinajstić information content (AvgIpc) is 3.18. The van der Waals surface area contributed by atoms with Crippen LogP contribution in [0.5, 0.6) is 0 Å². The summed E-state index contributed by atoms with van der Waals surface area (Å²) in [6.45, 7) is 2.11. The van der Waals surface area contributed by atoms with Gasteiger partial charge in [-0.15, -0.1) is 0 Å². The zero-order valence-corrected chi connectivity index (χ0v) is 17.3. The van der Waals surface area contributed by atoms with Crippen molar-refractivity contribution in [3.8, 4) is 0 Å². The molecule has 1 fully saturated rings. The molecular weight excluding hydrogens is 425 g/mol. The van der Waals surface area contributed by atoms with Gasteiger partial charge >= 0.3 is 18.2 Å². The van der Waals surface area contributed by atoms with Crippen molar-refractivity contribution in [2.75, 3.05) is 18.0 Å². The van der Waals surface area contributed by atoms with Crippen LogP contribution in [-0.4, -0.2) is 47.6 Å². The molecule has 2 aliphatic rings. The SMILES string of the molecule is O=C(O)C(F)(F)F.O=C(O)N(c1ccc(C2CCCNC2)cc1)C1Cc2ccccc2C1. The lowest BCUT2D eigenvalue weighted by atomic mass is 9.91. The Bertz CT molecular complexity index is 916. The molecule has 1 aliphatic heterocycles. The minimum atomic E-state index is -5.08. The molecule has 1 saturated heterocycles. The third kappa shape index (κ3) is 5.79. The monoisotopic (exact) mass is 450 g/mol. The molecule has 0 bridgehead atoms. The van der Waals surface area contributed by atoms with E-state index in [4.69, 9.17) is 9.90 Å². The molecule has 0 radical (unpaired) electrons. The Balaban J connectivity index is 0.000000360. The van der Waals surface area contributed by atoms with E-state index >= 15 is 0 Å². The van der Waals surface area contributed by atoms with Crippen LogP contribution >= 0.6 is 0 Å². The van der Waals surface area contributed by atoms with E-state index in [0.717, 1.165) is 31.6 Å². The summed E-state index contributed by atoms with van der Waals surface area (Å²) in [5.74, 6) is -2.22. The third-order valence-corrected chi connectivity index (χ3v) is 5.78. The first-order valence-electron chi connectivity index (χ1n) is 10.4. The second kappa shape index (κ2) is 10.0. The van der Waals surface area contributed by atoms with Gasteiger partial charge in [0.2, 0.25) is 0 Å². The zero-order chi connectivity index (χ0) is 23.3.